The van der Waals surface area contributed by atoms with Crippen molar-refractivity contribution in [3.8, 4) is 5.75 Å². The van der Waals surface area contributed by atoms with Crippen LogP contribution in [0.1, 0.15) is 5.56 Å². The number of hydrogen-bond acceptors (Lipinski definition) is 6. The number of nitrogens with one attached hydrogen (secondary N) is 1. The summed E-state index contributed by atoms with van der Waals surface area (Å²) in [6, 6.07) is 22.4. The number of amides is 1. The van der Waals surface area contributed by atoms with Crippen molar-refractivity contribution in [2.24, 2.45) is 0 Å². The number of aromatic nitrogens is 2. The number of esters is 1. The van der Waals surface area contributed by atoms with Gasteiger partial charge in [0.05, 0.1) is 36.1 Å². The quantitative estimate of drug-likeness (QED) is 0.259. The monoisotopic (exact) mass is 495 g/mol. The molecule has 0 aliphatic carbocycles. The SMILES string of the molecule is COc1ccccc1NC(=O)COC(=O)CSc1nc2ccccc2n1Cc1ccccc1Cl. The van der Waals surface area contributed by atoms with Crippen molar-refractivity contribution in [2.45, 2.75) is 11.7 Å². The summed E-state index contributed by atoms with van der Waals surface area (Å²) in [5.74, 6) is -0.436. The van der Waals surface area contributed by atoms with E-state index in [2.05, 4.69) is 10.3 Å². The molecule has 0 spiro atoms. The number of imidazole rings is 1. The summed E-state index contributed by atoms with van der Waals surface area (Å²) in [5, 5.41) is 4.00. The van der Waals surface area contributed by atoms with E-state index < -0.39 is 18.5 Å². The minimum absolute atomic E-state index is 0.00772. The Bertz CT molecular complexity index is 1320. The van der Waals surface area contributed by atoms with E-state index in [0.29, 0.717) is 28.2 Å². The van der Waals surface area contributed by atoms with Crippen LogP contribution in [0.4, 0.5) is 5.69 Å². The van der Waals surface area contributed by atoms with Crippen LogP contribution in [0.2, 0.25) is 5.02 Å². The second-order valence-electron chi connectivity index (χ2n) is 7.26. The molecule has 9 heteroatoms. The van der Waals surface area contributed by atoms with Crippen LogP contribution >= 0.6 is 23.4 Å². The van der Waals surface area contributed by atoms with Gasteiger partial charge >= 0.3 is 5.97 Å². The van der Waals surface area contributed by atoms with E-state index in [0.717, 1.165) is 16.6 Å². The maximum absolute atomic E-state index is 12.3. The molecule has 1 N–H and O–H groups in total. The highest BCUT2D eigenvalue weighted by molar-refractivity contribution is 7.99. The Morgan fingerprint density at radius 1 is 1.03 bits per heavy atom. The van der Waals surface area contributed by atoms with Gasteiger partial charge in [-0.15, -0.1) is 0 Å². The topological polar surface area (TPSA) is 82.4 Å². The molecule has 0 saturated carbocycles. The second kappa shape index (κ2) is 11.1. The summed E-state index contributed by atoms with van der Waals surface area (Å²) in [7, 11) is 1.52. The number of anilines is 1. The number of methoxy groups -OCH3 is 1. The Hall–Kier alpha value is -3.49. The molecule has 3 aromatic carbocycles. The summed E-state index contributed by atoms with van der Waals surface area (Å²) in [6.45, 7) is 0.117. The number of rotatable bonds is 9. The molecule has 0 atom stereocenters. The third-order valence-electron chi connectivity index (χ3n) is 4.97. The van der Waals surface area contributed by atoms with Crippen molar-refractivity contribution in [2.75, 3.05) is 24.8 Å². The van der Waals surface area contributed by atoms with Gasteiger partial charge < -0.3 is 19.4 Å². The van der Waals surface area contributed by atoms with Crippen molar-refractivity contribution in [3.05, 3.63) is 83.4 Å². The zero-order valence-electron chi connectivity index (χ0n) is 18.4. The minimum atomic E-state index is -0.517. The first-order valence-electron chi connectivity index (χ1n) is 10.4. The summed E-state index contributed by atoms with van der Waals surface area (Å²) >= 11 is 7.61. The smallest absolute Gasteiger partial charge is 0.316 e. The molecule has 0 bridgehead atoms. The van der Waals surface area contributed by atoms with Crippen LogP contribution in [0.5, 0.6) is 5.75 Å². The van der Waals surface area contributed by atoms with Gasteiger partial charge in [-0.3, -0.25) is 9.59 Å². The molecule has 4 aromatic rings. The number of carbonyl (C=O) groups is 2. The largest absolute Gasteiger partial charge is 0.495 e. The Labute approximate surface area is 206 Å². The Morgan fingerprint density at radius 3 is 2.59 bits per heavy atom. The lowest BCUT2D eigenvalue weighted by atomic mass is 10.2. The molecule has 0 saturated heterocycles. The zero-order chi connectivity index (χ0) is 23.9. The van der Waals surface area contributed by atoms with Crippen LogP contribution in [-0.4, -0.2) is 40.9 Å². The molecule has 7 nitrogen and oxygen atoms in total. The molecule has 1 amide bonds. The number of carbonyl (C=O) groups excluding carboxylic acids is 2. The molecule has 1 aromatic heterocycles. The van der Waals surface area contributed by atoms with E-state index >= 15 is 0 Å². The van der Waals surface area contributed by atoms with Gasteiger partial charge in [0, 0.05) is 5.02 Å². The van der Waals surface area contributed by atoms with Gasteiger partial charge in [-0.25, -0.2) is 4.98 Å². The van der Waals surface area contributed by atoms with E-state index in [-0.39, 0.29) is 5.75 Å². The average Bonchev–Trinajstić information content (AvgIpc) is 3.20. The molecule has 1 heterocycles. The molecule has 0 unspecified atom stereocenters. The van der Waals surface area contributed by atoms with Crippen LogP contribution in [-0.2, 0) is 20.9 Å². The number of para-hydroxylation sites is 4. The molecular formula is C25H22ClN3O4S. The fraction of sp³-hybridized carbons (Fsp3) is 0.160. The summed E-state index contributed by atoms with van der Waals surface area (Å²) in [4.78, 5) is 29.2. The molecule has 4 rings (SSSR count). The predicted octanol–water partition coefficient (Wildman–Crippen LogP) is 5.02. The van der Waals surface area contributed by atoms with E-state index in [1.807, 2.05) is 53.1 Å². The van der Waals surface area contributed by atoms with Gasteiger partial charge in [0.25, 0.3) is 5.91 Å². The number of ether oxygens (including phenoxy) is 2. The van der Waals surface area contributed by atoms with E-state index in [1.165, 1.54) is 18.9 Å². The van der Waals surface area contributed by atoms with E-state index in [9.17, 15) is 9.59 Å². The predicted molar refractivity (Wildman–Crippen MR) is 134 cm³/mol. The van der Waals surface area contributed by atoms with Crippen LogP contribution in [0, 0.1) is 0 Å². The van der Waals surface area contributed by atoms with Crippen molar-refractivity contribution in [1.82, 2.24) is 9.55 Å². The number of benzene rings is 3. The van der Waals surface area contributed by atoms with Crippen molar-refractivity contribution in [3.63, 3.8) is 0 Å². The van der Waals surface area contributed by atoms with E-state index in [4.69, 9.17) is 21.1 Å². The first kappa shape index (κ1) is 23.7. The standard InChI is InChI=1S/C25H22ClN3O4S/c1-32-22-13-7-5-11-20(22)27-23(30)15-33-24(31)16-34-25-28-19-10-4-6-12-21(19)29(25)14-17-8-2-3-9-18(17)26/h2-13H,14-16H2,1H3,(H,27,30). The molecule has 174 valence electrons. The number of nitrogens with zero attached hydrogens (tertiary/aromatic N) is 2. The first-order chi connectivity index (χ1) is 16.5. The van der Waals surface area contributed by atoms with Crippen molar-refractivity contribution in [1.29, 1.82) is 0 Å². The third kappa shape index (κ3) is 5.70. The van der Waals surface area contributed by atoms with Crippen LogP contribution < -0.4 is 10.1 Å². The fourth-order valence-electron chi connectivity index (χ4n) is 3.36. The number of fused-ring (bicyclic) bond motifs is 1. The highest BCUT2D eigenvalue weighted by Crippen LogP contribution is 2.27. The summed E-state index contributed by atoms with van der Waals surface area (Å²) in [6.07, 6.45) is 0. The highest BCUT2D eigenvalue weighted by Gasteiger charge is 2.16. The maximum Gasteiger partial charge on any atom is 0.316 e. The molecule has 0 fully saturated rings. The Morgan fingerprint density at radius 2 is 1.76 bits per heavy atom. The van der Waals surface area contributed by atoms with Gasteiger partial charge in [-0.1, -0.05) is 65.8 Å². The number of halogens is 1. The maximum atomic E-state index is 12.3. The van der Waals surface area contributed by atoms with Crippen molar-refractivity contribution >= 4 is 52.0 Å². The highest BCUT2D eigenvalue weighted by atomic mass is 35.5. The van der Waals surface area contributed by atoms with E-state index in [1.54, 1.807) is 24.3 Å². The van der Waals surface area contributed by atoms with Crippen LogP contribution in [0.3, 0.4) is 0 Å². The summed E-state index contributed by atoms with van der Waals surface area (Å²) < 4.78 is 12.4. The summed E-state index contributed by atoms with van der Waals surface area (Å²) in [5.41, 5.74) is 3.22. The van der Waals surface area contributed by atoms with Gasteiger partial charge in [-0.2, -0.15) is 0 Å². The lowest BCUT2D eigenvalue weighted by molar-refractivity contribution is -0.144. The van der Waals surface area contributed by atoms with Gasteiger partial charge in [0.1, 0.15) is 5.75 Å². The number of thioether (sulfide) groups is 1. The fourth-order valence-corrected chi connectivity index (χ4v) is 4.37. The minimum Gasteiger partial charge on any atom is -0.495 e. The molecule has 0 aliphatic heterocycles. The third-order valence-corrected chi connectivity index (χ3v) is 6.29. The van der Waals surface area contributed by atoms with Crippen LogP contribution in [0.15, 0.2) is 78.0 Å². The van der Waals surface area contributed by atoms with Gasteiger partial charge in [-0.05, 0) is 35.9 Å². The molecular weight excluding hydrogens is 474 g/mol. The van der Waals surface area contributed by atoms with Crippen molar-refractivity contribution < 1.29 is 19.1 Å². The van der Waals surface area contributed by atoms with Gasteiger partial charge in [0.15, 0.2) is 11.8 Å². The first-order valence-corrected chi connectivity index (χ1v) is 11.8. The van der Waals surface area contributed by atoms with Crippen LogP contribution in [0.25, 0.3) is 11.0 Å². The molecule has 34 heavy (non-hydrogen) atoms. The Balaban J connectivity index is 1.39. The number of hydrogen-bond donors (Lipinski definition) is 1. The molecule has 0 aliphatic rings. The molecule has 0 radical (unpaired) electrons. The lowest BCUT2D eigenvalue weighted by Gasteiger charge is -2.11. The second-order valence-corrected chi connectivity index (χ2v) is 8.61. The van der Waals surface area contributed by atoms with Gasteiger partial charge in [0.2, 0.25) is 0 Å². The average molecular weight is 496 g/mol. The zero-order valence-corrected chi connectivity index (χ0v) is 19.9. The Kier molecular flexibility index (Phi) is 7.72. The normalized spacial score (nSPS) is 10.8. The lowest BCUT2D eigenvalue weighted by Crippen LogP contribution is -2.22.